The summed E-state index contributed by atoms with van der Waals surface area (Å²) in [5.41, 5.74) is 10.7. The number of aliphatic hydroxyl groups is 3. The number of amides is 1. The van der Waals surface area contributed by atoms with E-state index < -0.39 is 54.6 Å². The van der Waals surface area contributed by atoms with Crippen molar-refractivity contribution in [2.24, 2.45) is 28.3 Å². The molecule has 4 unspecified atom stereocenters. The molecule has 1 saturated carbocycles. The van der Waals surface area contributed by atoms with E-state index in [1.807, 2.05) is 0 Å². The highest BCUT2D eigenvalue weighted by Crippen LogP contribution is 2.37. The molecule has 23 heavy (non-hydrogen) atoms. The van der Waals surface area contributed by atoms with E-state index in [1.165, 1.54) is 6.92 Å². The number of carbonyl (C=O) groups is 2. The lowest BCUT2D eigenvalue weighted by molar-refractivity contribution is -0.141. The minimum absolute atomic E-state index is 0.122. The smallest absolute Gasteiger partial charge is 0.306 e. The molecule has 10 nitrogen and oxygen atoms in total. The van der Waals surface area contributed by atoms with Crippen LogP contribution in [0.15, 0.2) is 4.99 Å². The molecule has 0 spiro atoms. The Morgan fingerprint density at radius 2 is 1.91 bits per heavy atom. The molecule has 1 rings (SSSR count). The zero-order chi connectivity index (χ0) is 17.7. The van der Waals surface area contributed by atoms with Gasteiger partial charge in [0.1, 0.15) is 12.2 Å². The van der Waals surface area contributed by atoms with Gasteiger partial charge in [0.2, 0.25) is 5.91 Å². The molecule has 0 aromatic heterocycles. The van der Waals surface area contributed by atoms with Crippen LogP contribution >= 0.6 is 0 Å². The Labute approximate surface area is 133 Å². The molecule has 0 radical (unpaired) electrons. The van der Waals surface area contributed by atoms with E-state index in [0.29, 0.717) is 0 Å². The van der Waals surface area contributed by atoms with Gasteiger partial charge in [0, 0.05) is 12.8 Å². The van der Waals surface area contributed by atoms with E-state index in [1.54, 1.807) is 0 Å². The van der Waals surface area contributed by atoms with Gasteiger partial charge >= 0.3 is 5.97 Å². The SMILES string of the molecule is CC(=O)NC(C(O)C(O)CO)[C@H]1CC(C(=O)O)C[C@@H]1N=C(N)N. The maximum absolute atomic E-state index is 11.4. The molecular formula is C13H24N4O6. The van der Waals surface area contributed by atoms with E-state index in [0.717, 1.165) is 0 Å². The molecule has 0 aromatic carbocycles. The largest absolute Gasteiger partial charge is 0.481 e. The normalized spacial score (nSPS) is 27.7. The number of nitrogens with zero attached hydrogens (tertiary/aromatic N) is 1. The third-order valence-electron chi connectivity index (χ3n) is 4.02. The van der Waals surface area contributed by atoms with Gasteiger partial charge in [-0.2, -0.15) is 0 Å². The molecule has 1 amide bonds. The summed E-state index contributed by atoms with van der Waals surface area (Å²) in [6, 6.07) is -1.62. The fraction of sp³-hybridized carbons (Fsp3) is 0.769. The Bertz CT molecular complexity index is 467. The van der Waals surface area contributed by atoms with Crippen molar-refractivity contribution in [3.05, 3.63) is 0 Å². The molecule has 0 saturated heterocycles. The van der Waals surface area contributed by atoms with E-state index in [4.69, 9.17) is 16.6 Å². The first-order valence-electron chi connectivity index (χ1n) is 7.23. The van der Waals surface area contributed by atoms with Crippen LogP contribution in [0.25, 0.3) is 0 Å². The second-order valence-corrected chi connectivity index (χ2v) is 5.76. The number of aliphatic imine (C=N–C) groups is 1. The molecule has 1 aliphatic rings. The summed E-state index contributed by atoms with van der Waals surface area (Å²) in [7, 11) is 0. The average Bonchev–Trinajstić information content (AvgIpc) is 2.86. The highest BCUT2D eigenvalue weighted by molar-refractivity contribution is 5.76. The zero-order valence-corrected chi connectivity index (χ0v) is 12.8. The fourth-order valence-corrected chi connectivity index (χ4v) is 3.00. The number of hydrogen-bond acceptors (Lipinski definition) is 6. The van der Waals surface area contributed by atoms with Gasteiger partial charge in [-0.1, -0.05) is 0 Å². The third kappa shape index (κ3) is 5.05. The lowest BCUT2D eigenvalue weighted by Gasteiger charge is -2.33. The van der Waals surface area contributed by atoms with Crippen molar-refractivity contribution in [3.8, 4) is 0 Å². The van der Waals surface area contributed by atoms with Crippen LogP contribution < -0.4 is 16.8 Å². The zero-order valence-electron chi connectivity index (χ0n) is 12.8. The van der Waals surface area contributed by atoms with E-state index >= 15 is 0 Å². The first-order valence-corrected chi connectivity index (χ1v) is 7.23. The van der Waals surface area contributed by atoms with E-state index in [-0.39, 0.29) is 18.8 Å². The quantitative estimate of drug-likeness (QED) is 0.189. The molecule has 10 heteroatoms. The average molecular weight is 332 g/mol. The van der Waals surface area contributed by atoms with Crippen molar-refractivity contribution in [2.75, 3.05) is 6.61 Å². The van der Waals surface area contributed by atoms with Crippen molar-refractivity contribution in [1.82, 2.24) is 5.32 Å². The van der Waals surface area contributed by atoms with Crippen molar-refractivity contribution in [1.29, 1.82) is 0 Å². The molecule has 6 atom stereocenters. The molecule has 0 aliphatic heterocycles. The predicted molar refractivity (Wildman–Crippen MR) is 80.2 cm³/mol. The van der Waals surface area contributed by atoms with Crippen LogP contribution in [-0.2, 0) is 9.59 Å². The monoisotopic (exact) mass is 332 g/mol. The summed E-state index contributed by atoms with van der Waals surface area (Å²) in [4.78, 5) is 26.6. The summed E-state index contributed by atoms with van der Waals surface area (Å²) >= 11 is 0. The molecule has 9 N–H and O–H groups in total. The van der Waals surface area contributed by atoms with Crippen LogP contribution in [0, 0.1) is 11.8 Å². The van der Waals surface area contributed by atoms with Crippen LogP contribution in [-0.4, -0.2) is 69.2 Å². The number of guanidine groups is 1. The Balaban J connectivity index is 3.10. The standard InChI is InChI=1S/C13H24N4O6/c1-5(19)16-10(11(21)9(20)4-18)7-2-6(12(22)23)3-8(7)17-13(14)15/h6-11,18,20-21H,2-4H2,1H3,(H,16,19)(H,22,23)(H4,14,15,17)/t6?,7-,8-,9?,10?,11?/m0/s1. The van der Waals surface area contributed by atoms with Gasteiger partial charge in [0.25, 0.3) is 0 Å². The molecule has 132 valence electrons. The summed E-state index contributed by atoms with van der Waals surface area (Å²) < 4.78 is 0. The van der Waals surface area contributed by atoms with Gasteiger partial charge in [-0.15, -0.1) is 0 Å². The van der Waals surface area contributed by atoms with E-state index in [2.05, 4.69) is 10.3 Å². The van der Waals surface area contributed by atoms with Crippen molar-refractivity contribution < 1.29 is 30.0 Å². The highest BCUT2D eigenvalue weighted by atomic mass is 16.4. The fourth-order valence-electron chi connectivity index (χ4n) is 3.00. The highest BCUT2D eigenvalue weighted by Gasteiger charge is 2.45. The summed E-state index contributed by atoms with van der Waals surface area (Å²) in [6.07, 6.45) is -2.71. The second-order valence-electron chi connectivity index (χ2n) is 5.76. The van der Waals surface area contributed by atoms with Crippen LogP contribution in [0.5, 0.6) is 0 Å². The predicted octanol–water partition coefficient (Wildman–Crippen LogP) is -3.04. The van der Waals surface area contributed by atoms with Crippen LogP contribution in [0.4, 0.5) is 0 Å². The molecule has 0 bridgehead atoms. The number of aliphatic hydroxyl groups excluding tert-OH is 3. The van der Waals surface area contributed by atoms with Crippen molar-refractivity contribution in [3.63, 3.8) is 0 Å². The minimum atomic E-state index is -1.49. The van der Waals surface area contributed by atoms with Crippen LogP contribution in [0.1, 0.15) is 19.8 Å². The van der Waals surface area contributed by atoms with Gasteiger partial charge < -0.3 is 37.2 Å². The summed E-state index contributed by atoms with van der Waals surface area (Å²) in [6.45, 7) is 0.517. The van der Waals surface area contributed by atoms with E-state index in [9.17, 15) is 24.9 Å². The lowest BCUT2D eigenvalue weighted by atomic mass is 9.87. The first-order chi connectivity index (χ1) is 10.7. The molecule has 0 heterocycles. The molecular weight excluding hydrogens is 308 g/mol. The summed E-state index contributed by atoms with van der Waals surface area (Å²) in [5, 5.41) is 40.5. The van der Waals surface area contributed by atoms with Crippen molar-refractivity contribution >= 4 is 17.8 Å². The maximum atomic E-state index is 11.4. The molecule has 1 aliphatic carbocycles. The molecule has 1 fully saturated rings. The summed E-state index contributed by atoms with van der Waals surface area (Å²) in [5.74, 6) is -3.06. The number of nitrogens with two attached hydrogens (primary N) is 2. The van der Waals surface area contributed by atoms with Gasteiger partial charge in [-0.25, -0.2) is 4.99 Å². The minimum Gasteiger partial charge on any atom is -0.481 e. The number of hydrogen-bond donors (Lipinski definition) is 7. The second kappa shape index (κ2) is 8.09. The Kier molecular flexibility index (Phi) is 6.73. The number of rotatable bonds is 7. The third-order valence-corrected chi connectivity index (χ3v) is 4.02. The van der Waals surface area contributed by atoms with Crippen LogP contribution in [0.3, 0.4) is 0 Å². The Hall–Kier alpha value is -1.91. The van der Waals surface area contributed by atoms with Gasteiger partial charge in [-0.3, -0.25) is 9.59 Å². The first kappa shape index (κ1) is 19.1. The van der Waals surface area contributed by atoms with Gasteiger partial charge in [0.15, 0.2) is 5.96 Å². The Morgan fingerprint density at radius 1 is 1.30 bits per heavy atom. The topological polar surface area (TPSA) is 191 Å². The van der Waals surface area contributed by atoms with Gasteiger partial charge in [-0.05, 0) is 12.8 Å². The number of aliphatic carboxylic acids is 1. The Morgan fingerprint density at radius 3 is 2.35 bits per heavy atom. The number of nitrogens with one attached hydrogen (secondary N) is 1. The van der Waals surface area contributed by atoms with Crippen molar-refractivity contribution in [2.45, 2.75) is 44.1 Å². The van der Waals surface area contributed by atoms with Gasteiger partial charge in [0.05, 0.1) is 24.6 Å². The maximum Gasteiger partial charge on any atom is 0.306 e. The van der Waals surface area contributed by atoms with Crippen LogP contribution in [0.2, 0.25) is 0 Å². The lowest BCUT2D eigenvalue weighted by Crippen LogP contribution is -2.54. The number of carboxylic acids is 1. The number of carboxylic acid groups (broad SMARTS) is 1. The number of carbonyl (C=O) groups excluding carboxylic acids is 1. The molecule has 0 aromatic rings.